The predicted octanol–water partition coefficient (Wildman–Crippen LogP) is 5.48. The van der Waals surface area contributed by atoms with Gasteiger partial charge in [-0.15, -0.1) is 11.6 Å². The third-order valence-corrected chi connectivity index (χ3v) is 5.20. The highest BCUT2D eigenvalue weighted by Gasteiger charge is 2.10. The summed E-state index contributed by atoms with van der Waals surface area (Å²) in [7, 11) is 1.89. The summed E-state index contributed by atoms with van der Waals surface area (Å²) >= 11 is 7.23. The maximum atomic E-state index is 13.1. The van der Waals surface area contributed by atoms with Crippen molar-refractivity contribution in [2.75, 3.05) is 17.3 Å². The molecule has 4 aromatic rings. The number of nitrogens with zero attached hydrogens (tertiary/aromatic N) is 4. The van der Waals surface area contributed by atoms with Crippen LogP contribution in [0.25, 0.3) is 10.3 Å². The van der Waals surface area contributed by atoms with Crippen LogP contribution < -0.4 is 10.2 Å². The van der Waals surface area contributed by atoms with Gasteiger partial charge in [-0.25, -0.2) is 19.3 Å². The van der Waals surface area contributed by atoms with Crippen molar-refractivity contribution in [3.05, 3.63) is 66.1 Å². The molecule has 0 aliphatic carbocycles. The van der Waals surface area contributed by atoms with Crippen LogP contribution >= 0.6 is 22.9 Å². The first-order valence-electron chi connectivity index (χ1n) is 8.17. The molecule has 4 rings (SSSR count). The van der Waals surface area contributed by atoms with E-state index in [9.17, 15) is 4.39 Å². The van der Waals surface area contributed by atoms with Crippen molar-refractivity contribution < 1.29 is 4.39 Å². The zero-order valence-electron chi connectivity index (χ0n) is 14.4. The summed E-state index contributed by atoms with van der Waals surface area (Å²) in [6.45, 7) is 0. The van der Waals surface area contributed by atoms with Gasteiger partial charge in [0.25, 0.3) is 0 Å². The number of hydrogen-bond donors (Lipinski definition) is 1. The Morgan fingerprint density at radius 1 is 1.07 bits per heavy atom. The maximum Gasteiger partial charge on any atom is 0.190 e. The Hall–Kier alpha value is -2.77. The van der Waals surface area contributed by atoms with Gasteiger partial charge in [-0.1, -0.05) is 17.4 Å². The number of rotatable bonds is 5. The third-order valence-electron chi connectivity index (χ3n) is 4.01. The minimum Gasteiger partial charge on any atom is -0.329 e. The molecule has 0 fully saturated rings. The standard InChI is InChI=1S/C19H15ClFN5S/c1-26(14-5-3-13(21)4-6-14)17-9-7-15-18(25-17)27-19(23-15)24-16-8-2-12(10-20)11-22-16/h2-9,11H,10H2,1H3,(H,22,23,24). The molecule has 0 saturated carbocycles. The fourth-order valence-corrected chi connectivity index (χ4v) is 3.53. The Bertz CT molecular complexity index is 1070. The van der Waals surface area contributed by atoms with Crippen LogP contribution in [0.5, 0.6) is 0 Å². The van der Waals surface area contributed by atoms with Gasteiger partial charge in [-0.05, 0) is 48.0 Å². The van der Waals surface area contributed by atoms with E-state index in [-0.39, 0.29) is 5.82 Å². The Morgan fingerprint density at radius 2 is 1.89 bits per heavy atom. The normalized spacial score (nSPS) is 10.9. The lowest BCUT2D eigenvalue weighted by Gasteiger charge is -2.17. The highest BCUT2D eigenvalue weighted by Crippen LogP contribution is 2.30. The van der Waals surface area contributed by atoms with E-state index in [1.165, 1.54) is 23.5 Å². The molecule has 0 radical (unpaired) electrons. The van der Waals surface area contributed by atoms with Gasteiger partial charge in [0.2, 0.25) is 0 Å². The van der Waals surface area contributed by atoms with Gasteiger partial charge in [0.1, 0.15) is 27.8 Å². The molecule has 0 unspecified atom stereocenters. The second kappa shape index (κ2) is 7.46. The highest BCUT2D eigenvalue weighted by atomic mass is 35.5. The third kappa shape index (κ3) is 3.84. The summed E-state index contributed by atoms with van der Waals surface area (Å²) in [5.74, 6) is 1.63. The molecule has 3 heterocycles. The summed E-state index contributed by atoms with van der Waals surface area (Å²) in [5.41, 5.74) is 2.62. The zero-order chi connectivity index (χ0) is 18.8. The van der Waals surface area contributed by atoms with Crippen molar-refractivity contribution in [3.63, 3.8) is 0 Å². The number of hydrogen-bond acceptors (Lipinski definition) is 6. The van der Waals surface area contributed by atoms with Gasteiger partial charge in [-0.2, -0.15) is 0 Å². The van der Waals surface area contributed by atoms with Crippen LogP contribution in [0.15, 0.2) is 54.7 Å². The number of fused-ring (bicyclic) bond motifs is 1. The monoisotopic (exact) mass is 399 g/mol. The van der Waals surface area contributed by atoms with Crippen LogP contribution in [0, 0.1) is 5.82 Å². The fourth-order valence-electron chi connectivity index (χ4n) is 2.53. The molecule has 1 aromatic carbocycles. The first-order chi connectivity index (χ1) is 13.1. The fraction of sp³-hybridized carbons (Fsp3) is 0.105. The average Bonchev–Trinajstić information content (AvgIpc) is 3.10. The first-order valence-corrected chi connectivity index (χ1v) is 9.52. The SMILES string of the molecule is CN(c1ccc(F)cc1)c1ccc2nc(Nc3ccc(CCl)cn3)sc2n1. The number of anilines is 4. The van der Waals surface area contributed by atoms with E-state index in [1.54, 1.807) is 18.3 Å². The van der Waals surface area contributed by atoms with E-state index in [0.717, 1.165) is 27.4 Å². The van der Waals surface area contributed by atoms with E-state index in [2.05, 4.69) is 20.3 Å². The molecular formula is C19H15ClFN5S. The summed E-state index contributed by atoms with van der Waals surface area (Å²) in [6, 6.07) is 13.9. The lowest BCUT2D eigenvalue weighted by Crippen LogP contribution is -2.10. The molecular weight excluding hydrogens is 385 g/mol. The Balaban J connectivity index is 1.58. The van der Waals surface area contributed by atoms with E-state index < -0.39 is 0 Å². The van der Waals surface area contributed by atoms with E-state index >= 15 is 0 Å². The van der Waals surface area contributed by atoms with Crippen LogP contribution in [0.2, 0.25) is 0 Å². The largest absolute Gasteiger partial charge is 0.329 e. The number of halogens is 2. The number of alkyl halides is 1. The van der Waals surface area contributed by atoms with Crippen LogP contribution in [-0.4, -0.2) is 22.0 Å². The number of nitrogens with one attached hydrogen (secondary N) is 1. The molecule has 0 atom stereocenters. The molecule has 1 N–H and O–H groups in total. The quantitative estimate of drug-likeness (QED) is 0.450. The van der Waals surface area contributed by atoms with Gasteiger partial charge >= 0.3 is 0 Å². The first kappa shape index (κ1) is 17.6. The summed E-state index contributed by atoms with van der Waals surface area (Å²) in [6.07, 6.45) is 1.73. The minimum absolute atomic E-state index is 0.263. The molecule has 3 aromatic heterocycles. The molecule has 136 valence electrons. The Morgan fingerprint density at radius 3 is 2.59 bits per heavy atom. The van der Waals surface area contributed by atoms with Gasteiger partial charge in [0.15, 0.2) is 5.13 Å². The van der Waals surface area contributed by atoms with Gasteiger partial charge < -0.3 is 10.2 Å². The van der Waals surface area contributed by atoms with E-state index in [4.69, 9.17) is 11.6 Å². The maximum absolute atomic E-state index is 13.1. The van der Waals surface area contributed by atoms with Gasteiger partial charge in [-0.3, -0.25) is 0 Å². The average molecular weight is 400 g/mol. The second-order valence-corrected chi connectivity index (χ2v) is 7.10. The van der Waals surface area contributed by atoms with Gasteiger partial charge in [0, 0.05) is 24.8 Å². The summed E-state index contributed by atoms with van der Waals surface area (Å²) in [5, 5.41) is 3.90. The summed E-state index contributed by atoms with van der Waals surface area (Å²) in [4.78, 5) is 16.2. The Kier molecular flexibility index (Phi) is 4.87. The smallest absolute Gasteiger partial charge is 0.190 e. The van der Waals surface area contributed by atoms with Crippen molar-refractivity contribution in [1.29, 1.82) is 0 Å². The zero-order valence-corrected chi connectivity index (χ0v) is 15.9. The van der Waals surface area contributed by atoms with E-state index in [1.807, 2.05) is 36.2 Å². The minimum atomic E-state index is -0.263. The van der Waals surface area contributed by atoms with Crippen molar-refractivity contribution in [1.82, 2.24) is 15.0 Å². The molecule has 0 bridgehead atoms. The molecule has 0 aliphatic rings. The number of benzene rings is 1. The predicted molar refractivity (Wildman–Crippen MR) is 109 cm³/mol. The van der Waals surface area contributed by atoms with Crippen molar-refractivity contribution in [2.24, 2.45) is 0 Å². The number of aromatic nitrogens is 3. The van der Waals surface area contributed by atoms with Crippen LogP contribution in [0.3, 0.4) is 0 Å². The molecule has 0 saturated heterocycles. The van der Waals surface area contributed by atoms with Crippen LogP contribution in [-0.2, 0) is 5.88 Å². The van der Waals surface area contributed by atoms with E-state index in [0.29, 0.717) is 16.8 Å². The van der Waals surface area contributed by atoms with Crippen LogP contribution in [0.1, 0.15) is 5.56 Å². The molecule has 8 heteroatoms. The van der Waals surface area contributed by atoms with Gasteiger partial charge in [0.05, 0.1) is 0 Å². The Labute approximate surface area is 164 Å². The highest BCUT2D eigenvalue weighted by molar-refractivity contribution is 7.21. The van der Waals surface area contributed by atoms with Crippen molar-refractivity contribution in [2.45, 2.75) is 5.88 Å². The summed E-state index contributed by atoms with van der Waals surface area (Å²) < 4.78 is 13.1. The molecule has 5 nitrogen and oxygen atoms in total. The van der Waals surface area contributed by atoms with Crippen molar-refractivity contribution in [3.8, 4) is 0 Å². The molecule has 27 heavy (non-hydrogen) atoms. The number of thiazole rings is 1. The topological polar surface area (TPSA) is 53.9 Å². The lowest BCUT2D eigenvalue weighted by molar-refractivity contribution is 0.628. The van der Waals surface area contributed by atoms with Crippen molar-refractivity contribution >= 4 is 55.7 Å². The van der Waals surface area contributed by atoms with Crippen LogP contribution in [0.4, 0.5) is 26.8 Å². The second-order valence-electron chi connectivity index (χ2n) is 5.86. The molecule has 0 spiro atoms. The lowest BCUT2D eigenvalue weighted by atomic mass is 10.3. The molecule has 0 aliphatic heterocycles. The number of pyridine rings is 2. The molecule has 0 amide bonds.